The molecule has 47 heavy (non-hydrogen) atoms. The fraction of sp³-hybridized carbons (Fsp3) is 0.371. The van der Waals surface area contributed by atoms with Gasteiger partial charge in [0.25, 0.3) is 5.56 Å². The molecule has 6 rings (SSSR count). The van der Waals surface area contributed by atoms with Crippen molar-refractivity contribution in [2.24, 2.45) is 0 Å². The summed E-state index contributed by atoms with van der Waals surface area (Å²) in [6, 6.07) is 12.1. The lowest BCUT2D eigenvalue weighted by Crippen LogP contribution is -2.63. The number of benzene rings is 3. The van der Waals surface area contributed by atoms with E-state index in [-0.39, 0.29) is 64.9 Å². The summed E-state index contributed by atoms with van der Waals surface area (Å²) in [4.78, 5) is 31.0. The molecule has 2 aliphatic heterocycles. The second-order valence-electron chi connectivity index (χ2n) is 12.8. The maximum Gasteiger partial charge on any atom is 0.410 e. The highest BCUT2D eigenvalue weighted by Gasteiger charge is 2.42. The summed E-state index contributed by atoms with van der Waals surface area (Å²) in [5, 5.41) is 0.245. The number of fused-ring (bicyclic) bond motifs is 5. The maximum atomic E-state index is 17.2. The normalized spacial score (nSPS) is 17.6. The first kappa shape index (κ1) is 32.4. The third-order valence-electron chi connectivity index (χ3n) is 8.49. The van der Waals surface area contributed by atoms with Crippen LogP contribution in [0.4, 0.5) is 19.3 Å². The third-order valence-corrected chi connectivity index (χ3v) is 8.79. The Morgan fingerprint density at radius 3 is 2.43 bits per heavy atom. The third kappa shape index (κ3) is 5.81. The molecule has 0 saturated carbocycles. The number of ether oxygens (including phenoxy) is 4. The molecule has 0 unspecified atom stereocenters. The smallest absolute Gasteiger partial charge is 0.410 e. The van der Waals surface area contributed by atoms with Gasteiger partial charge in [0.2, 0.25) is 5.75 Å². The van der Waals surface area contributed by atoms with Gasteiger partial charge in [-0.25, -0.2) is 13.6 Å². The second-order valence-corrected chi connectivity index (χ2v) is 13.2. The SMILES string of the molecule is COc1ccc(Cn2c(=O)c3c(c4cc(Cl)c(-c5c(F)cccc5OC)c(F)c42)N2C[C@@H](C)N(C(=O)OC(C)(C)C)C[C@@H]2CO3)cc1. The molecular weight excluding hydrogens is 632 g/mol. The lowest BCUT2D eigenvalue weighted by Gasteiger charge is -2.48. The Morgan fingerprint density at radius 2 is 1.77 bits per heavy atom. The summed E-state index contributed by atoms with van der Waals surface area (Å²) in [6.07, 6.45) is -0.451. The molecule has 4 aromatic rings. The molecule has 0 aliphatic carbocycles. The Morgan fingerprint density at radius 1 is 1.04 bits per heavy atom. The van der Waals surface area contributed by atoms with Crippen molar-refractivity contribution in [3.05, 3.63) is 81.1 Å². The van der Waals surface area contributed by atoms with Crippen LogP contribution < -0.4 is 24.7 Å². The lowest BCUT2D eigenvalue weighted by atomic mass is 9.97. The number of piperazine rings is 1. The zero-order chi connectivity index (χ0) is 33.8. The van der Waals surface area contributed by atoms with Gasteiger partial charge in [-0.1, -0.05) is 29.8 Å². The minimum atomic E-state index is -0.883. The maximum absolute atomic E-state index is 17.2. The van der Waals surface area contributed by atoms with E-state index in [0.29, 0.717) is 28.9 Å². The monoisotopic (exact) mass is 667 g/mol. The van der Waals surface area contributed by atoms with Gasteiger partial charge >= 0.3 is 6.09 Å². The molecule has 2 atom stereocenters. The summed E-state index contributed by atoms with van der Waals surface area (Å²) in [5.74, 6) is -0.860. The Hall–Kier alpha value is -4.51. The zero-order valence-corrected chi connectivity index (χ0v) is 27.8. The Kier molecular flexibility index (Phi) is 8.46. The number of anilines is 1. The standard InChI is InChI=1S/C35H36ClF2N3O6/c1-19-15-40-21(17-39(19)34(43)47-35(2,3)4)18-46-32-31(40)23-14-24(36)27(28-25(37)8-7-9-26(28)45-6)29(38)30(23)41(33(32)42)16-20-10-12-22(44-5)13-11-20/h7-14,19,21H,15-18H2,1-6H3/t19-,21-/m1/s1. The quantitative estimate of drug-likeness (QED) is 0.230. The van der Waals surface area contributed by atoms with Gasteiger partial charge in [-0.05, 0) is 63.6 Å². The van der Waals surface area contributed by atoms with E-state index in [1.165, 1.54) is 29.9 Å². The van der Waals surface area contributed by atoms with Gasteiger partial charge in [0.05, 0.1) is 48.6 Å². The number of carbonyl (C=O) groups is 1. The van der Waals surface area contributed by atoms with Gasteiger partial charge in [0, 0.05) is 30.1 Å². The number of rotatable bonds is 5. The molecule has 1 saturated heterocycles. The van der Waals surface area contributed by atoms with Gasteiger partial charge < -0.3 is 28.7 Å². The molecule has 2 aliphatic rings. The highest BCUT2D eigenvalue weighted by Crippen LogP contribution is 2.46. The van der Waals surface area contributed by atoms with E-state index in [2.05, 4.69) is 0 Å². The Labute approximate surface area is 276 Å². The number of aromatic nitrogens is 1. The summed E-state index contributed by atoms with van der Waals surface area (Å²) in [7, 11) is 2.91. The van der Waals surface area contributed by atoms with Crippen LogP contribution in [-0.2, 0) is 11.3 Å². The number of hydrogen-bond donors (Lipinski definition) is 0. The van der Waals surface area contributed by atoms with Crippen molar-refractivity contribution in [3.63, 3.8) is 0 Å². The number of halogens is 3. The Bertz CT molecular complexity index is 1920. The van der Waals surface area contributed by atoms with Crippen molar-refractivity contribution in [1.82, 2.24) is 9.47 Å². The van der Waals surface area contributed by atoms with Gasteiger partial charge in [-0.2, -0.15) is 0 Å². The first-order valence-electron chi connectivity index (χ1n) is 15.3. The topological polar surface area (TPSA) is 82.5 Å². The highest BCUT2D eigenvalue weighted by molar-refractivity contribution is 6.34. The van der Waals surface area contributed by atoms with Crippen LogP contribution in [0, 0.1) is 11.6 Å². The number of amides is 1. The predicted molar refractivity (Wildman–Crippen MR) is 176 cm³/mol. The first-order valence-corrected chi connectivity index (χ1v) is 15.6. The van der Waals surface area contributed by atoms with Crippen molar-refractivity contribution in [2.45, 2.75) is 51.9 Å². The fourth-order valence-corrected chi connectivity index (χ4v) is 6.62. The molecule has 1 amide bonds. The minimum Gasteiger partial charge on any atom is -0.497 e. The molecule has 3 heterocycles. The van der Waals surface area contributed by atoms with Crippen LogP contribution >= 0.6 is 11.6 Å². The average Bonchev–Trinajstić information content (AvgIpc) is 3.02. The molecule has 0 spiro atoms. The van der Waals surface area contributed by atoms with Crippen molar-refractivity contribution in [3.8, 4) is 28.4 Å². The van der Waals surface area contributed by atoms with E-state index < -0.39 is 28.9 Å². The minimum absolute atomic E-state index is 0.0192. The van der Waals surface area contributed by atoms with E-state index >= 15 is 8.78 Å². The molecule has 9 nitrogen and oxygen atoms in total. The van der Waals surface area contributed by atoms with Crippen LogP contribution in [-0.4, -0.2) is 67.2 Å². The summed E-state index contributed by atoms with van der Waals surface area (Å²) >= 11 is 6.81. The molecule has 0 N–H and O–H groups in total. The number of methoxy groups -OCH3 is 2. The van der Waals surface area contributed by atoms with Crippen molar-refractivity contribution < 1.29 is 32.5 Å². The largest absolute Gasteiger partial charge is 0.497 e. The van der Waals surface area contributed by atoms with Crippen molar-refractivity contribution >= 4 is 34.3 Å². The number of pyridine rings is 1. The van der Waals surface area contributed by atoms with E-state index in [0.717, 1.165) is 0 Å². The van der Waals surface area contributed by atoms with Crippen LogP contribution in [0.25, 0.3) is 22.0 Å². The number of nitrogens with zero attached hydrogens (tertiary/aromatic N) is 3. The molecule has 0 bridgehead atoms. The summed E-state index contributed by atoms with van der Waals surface area (Å²) in [5.41, 5.74) is -0.626. The van der Waals surface area contributed by atoms with E-state index in [1.54, 1.807) is 63.1 Å². The van der Waals surface area contributed by atoms with Gasteiger partial charge in [-0.15, -0.1) is 0 Å². The first-order chi connectivity index (χ1) is 22.3. The zero-order valence-electron chi connectivity index (χ0n) is 27.0. The van der Waals surface area contributed by atoms with Gasteiger partial charge in [0.1, 0.15) is 29.5 Å². The van der Waals surface area contributed by atoms with Crippen molar-refractivity contribution in [2.75, 3.05) is 38.8 Å². The molecule has 12 heteroatoms. The second kappa shape index (κ2) is 12.3. The number of carbonyl (C=O) groups excluding carboxylic acids is 1. The lowest BCUT2D eigenvalue weighted by molar-refractivity contribution is 0.00992. The molecule has 1 fully saturated rings. The molecular formula is C35H36ClF2N3O6. The molecule has 3 aromatic carbocycles. The van der Waals surface area contributed by atoms with Crippen LogP contribution in [0.1, 0.15) is 33.3 Å². The van der Waals surface area contributed by atoms with Crippen LogP contribution in [0.3, 0.4) is 0 Å². The van der Waals surface area contributed by atoms with Crippen LogP contribution in [0.15, 0.2) is 53.3 Å². The van der Waals surface area contributed by atoms with Gasteiger partial charge in [-0.3, -0.25) is 9.36 Å². The van der Waals surface area contributed by atoms with E-state index in [4.69, 9.17) is 30.5 Å². The average molecular weight is 668 g/mol. The predicted octanol–water partition coefficient (Wildman–Crippen LogP) is 6.87. The summed E-state index contributed by atoms with van der Waals surface area (Å²) < 4.78 is 56.3. The molecule has 248 valence electrons. The van der Waals surface area contributed by atoms with E-state index in [1.807, 2.05) is 11.8 Å². The highest BCUT2D eigenvalue weighted by atomic mass is 35.5. The van der Waals surface area contributed by atoms with Gasteiger partial charge in [0.15, 0.2) is 5.82 Å². The Balaban J connectivity index is 1.57. The molecule has 0 radical (unpaired) electrons. The fourth-order valence-electron chi connectivity index (χ4n) is 6.34. The van der Waals surface area contributed by atoms with Crippen LogP contribution in [0.5, 0.6) is 17.2 Å². The number of hydrogen-bond acceptors (Lipinski definition) is 7. The summed E-state index contributed by atoms with van der Waals surface area (Å²) in [6.45, 7) is 7.97. The van der Waals surface area contributed by atoms with E-state index in [9.17, 15) is 9.59 Å². The van der Waals surface area contributed by atoms with Crippen LogP contribution in [0.2, 0.25) is 5.02 Å². The molecule has 1 aromatic heterocycles. The van der Waals surface area contributed by atoms with Crippen molar-refractivity contribution in [1.29, 1.82) is 0 Å².